The summed E-state index contributed by atoms with van der Waals surface area (Å²) in [6.45, 7) is 0. The largest absolute Gasteiger partial charge is 0.396 e. The van der Waals surface area contributed by atoms with Crippen LogP contribution in [0.3, 0.4) is 0 Å². The van der Waals surface area contributed by atoms with Crippen LogP contribution in [0.25, 0.3) is 55.8 Å². The second-order valence-corrected chi connectivity index (χ2v) is 9.34. The zero-order valence-corrected chi connectivity index (χ0v) is 20.6. The van der Waals surface area contributed by atoms with Crippen LogP contribution in [-0.4, -0.2) is 14.1 Å². The Balaban J connectivity index is 1.60. The number of nitrogens with zero attached hydrogens (tertiary/aromatic N) is 3. The molecule has 0 spiro atoms. The maximum atomic E-state index is 6.99. The fourth-order valence-corrected chi connectivity index (χ4v) is 5.44. The van der Waals surface area contributed by atoms with Crippen molar-refractivity contribution in [1.82, 2.24) is 14.1 Å². The molecule has 0 amide bonds. The first-order valence-corrected chi connectivity index (χ1v) is 12.6. The Morgan fingerprint density at radius 1 is 0.500 bits per heavy atom. The van der Waals surface area contributed by atoms with Crippen molar-refractivity contribution in [2.75, 3.05) is 11.5 Å². The SMILES string of the molecule is Nc1c(-c2c(N)c3ncccc3n2-c2ccccc2)n(-c2cccc(-c3ccccc3)c2)c2ccccc12. The fourth-order valence-electron chi connectivity index (χ4n) is 5.44. The predicted octanol–water partition coefficient (Wildman–Crippen LogP) is 7.47. The van der Waals surface area contributed by atoms with E-state index < -0.39 is 0 Å². The molecule has 7 aromatic rings. The van der Waals surface area contributed by atoms with Crippen LogP contribution in [0.4, 0.5) is 11.4 Å². The van der Waals surface area contributed by atoms with Crippen LogP contribution in [0.1, 0.15) is 0 Å². The number of rotatable bonds is 4. The number of pyridine rings is 1. The Hall–Kier alpha value is -5.29. The third-order valence-electron chi connectivity index (χ3n) is 7.13. The van der Waals surface area contributed by atoms with E-state index in [0.717, 1.165) is 55.8 Å². The molecule has 38 heavy (non-hydrogen) atoms. The lowest BCUT2D eigenvalue weighted by Crippen LogP contribution is -2.05. The van der Waals surface area contributed by atoms with E-state index in [1.807, 2.05) is 42.5 Å². The molecule has 3 aromatic heterocycles. The molecule has 0 aliphatic rings. The summed E-state index contributed by atoms with van der Waals surface area (Å²) < 4.78 is 4.39. The van der Waals surface area contributed by atoms with E-state index in [9.17, 15) is 0 Å². The van der Waals surface area contributed by atoms with Crippen LogP contribution in [0.2, 0.25) is 0 Å². The number of anilines is 2. The molecule has 0 radical (unpaired) electrons. The summed E-state index contributed by atoms with van der Waals surface area (Å²) in [5.74, 6) is 0. The minimum absolute atomic E-state index is 0.597. The third-order valence-corrected chi connectivity index (χ3v) is 7.13. The van der Waals surface area contributed by atoms with Crippen molar-refractivity contribution in [3.63, 3.8) is 0 Å². The molecule has 4 N–H and O–H groups in total. The molecule has 182 valence electrons. The molecule has 5 nitrogen and oxygen atoms in total. The summed E-state index contributed by atoms with van der Waals surface area (Å²) in [7, 11) is 0. The zero-order valence-electron chi connectivity index (χ0n) is 20.6. The van der Waals surface area contributed by atoms with E-state index in [1.165, 1.54) is 0 Å². The topological polar surface area (TPSA) is 74.8 Å². The quantitative estimate of drug-likeness (QED) is 0.268. The summed E-state index contributed by atoms with van der Waals surface area (Å²) in [6, 6.07) is 41.4. The van der Waals surface area contributed by atoms with Gasteiger partial charge in [0.15, 0.2) is 0 Å². The first-order chi connectivity index (χ1) is 18.7. The van der Waals surface area contributed by atoms with E-state index in [2.05, 4.69) is 93.0 Å². The number of hydrogen-bond acceptors (Lipinski definition) is 3. The van der Waals surface area contributed by atoms with Gasteiger partial charge in [0.25, 0.3) is 0 Å². The van der Waals surface area contributed by atoms with Crippen molar-refractivity contribution < 1.29 is 0 Å². The maximum absolute atomic E-state index is 6.99. The van der Waals surface area contributed by atoms with Crippen LogP contribution in [-0.2, 0) is 0 Å². The number of aromatic nitrogens is 3. The van der Waals surface area contributed by atoms with Gasteiger partial charge in [-0.3, -0.25) is 4.98 Å². The second kappa shape index (κ2) is 8.68. The Bertz CT molecular complexity index is 1930. The summed E-state index contributed by atoms with van der Waals surface area (Å²) >= 11 is 0. The van der Waals surface area contributed by atoms with Gasteiger partial charge in [-0.05, 0) is 53.6 Å². The Labute approximate surface area is 220 Å². The van der Waals surface area contributed by atoms with Crippen molar-refractivity contribution >= 4 is 33.3 Å². The molecule has 0 bridgehead atoms. The van der Waals surface area contributed by atoms with Gasteiger partial charge in [0.2, 0.25) is 0 Å². The van der Waals surface area contributed by atoms with Gasteiger partial charge in [-0.1, -0.05) is 78.9 Å². The summed E-state index contributed by atoms with van der Waals surface area (Å²) in [5, 5.41) is 0.977. The van der Waals surface area contributed by atoms with Crippen LogP contribution < -0.4 is 11.5 Å². The molecule has 0 aliphatic heterocycles. The molecular formula is C33H25N5. The molecule has 0 saturated heterocycles. The molecule has 4 aromatic carbocycles. The number of para-hydroxylation sites is 2. The molecule has 7 rings (SSSR count). The van der Waals surface area contributed by atoms with E-state index in [4.69, 9.17) is 11.5 Å². The minimum atomic E-state index is 0.597. The highest BCUT2D eigenvalue weighted by atomic mass is 15.1. The monoisotopic (exact) mass is 491 g/mol. The van der Waals surface area contributed by atoms with Gasteiger partial charge in [-0.25, -0.2) is 0 Å². The molecular weight excluding hydrogens is 466 g/mol. The van der Waals surface area contributed by atoms with Gasteiger partial charge in [0, 0.05) is 23.0 Å². The Morgan fingerprint density at radius 3 is 1.92 bits per heavy atom. The van der Waals surface area contributed by atoms with Crippen molar-refractivity contribution in [3.8, 4) is 33.9 Å². The van der Waals surface area contributed by atoms with Gasteiger partial charge < -0.3 is 20.6 Å². The summed E-state index contributed by atoms with van der Waals surface area (Å²) in [4.78, 5) is 4.66. The zero-order chi connectivity index (χ0) is 25.6. The Morgan fingerprint density at radius 2 is 1.11 bits per heavy atom. The van der Waals surface area contributed by atoms with Crippen molar-refractivity contribution in [2.45, 2.75) is 0 Å². The lowest BCUT2D eigenvalue weighted by Gasteiger charge is -2.17. The first-order valence-electron chi connectivity index (χ1n) is 12.6. The minimum Gasteiger partial charge on any atom is -0.396 e. The molecule has 0 unspecified atom stereocenters. The molecule has 0 atom stereocenters. The van der Waals surface area contributed by atoms with Gasteiger partial charge in [0.1, 0.15) is 5.52 Å². The second-order valence-electron chi connectivity index (χ2n) is 9.34. The summed E-state index contributed by atoms with van der Waals surface area (Å²) in [5.41, 5.74) is 23.8. The van der Waals surface area contributed by atoms with Crippen LogP contribution >= 0.6 is 0 Å². The van der Waals surface area contributed by atoms with Crippen LogP contribution in [0.5, 0.6) is 0 Å². The Kier molecular flexibility index (Phi) is 5.01. The van der Waals surface area contributed by atoms with E-state index in [0.29, 0.717) is 11.4 Å². The highest BCUT2D eigenvalue weighted by Gasteiger charge is 2.26. The van der Waals surface area contributed by atoms with E-state index >= 15 is 0 Å². The average Bonchev–Trinajstić information content (AvgIpc) is 3.44. The average molecular weight is 492 g/mol. The first kappa shape index (κ1) is 21.9. The molecule has 0 aliphatic carbocycles. The van der Waals surface area contributed by atoms with E-state index in [1.54, 1.807) is 6.20 Å². The number of benzene rings is 4. The van der Waals surface area contributed by atoms with E-state index in [-0.39, 0.29) is 0 Å². The van der Waals surface area contributed by atoms with Crippen molar-refractivity contribution in [3.05, 3.63) is 128 Å². The third kappa shape index (κ3) is 3.29. The molecule has 0 saturated carbocycles. The standard InChI is InChI=1S/C33H25N5/c34-29-26-17-7-8-18-27(26)38(25-16-9-13-23(21-25)22-11-3-1-4-12-22)32(29)33-30(35)31-28(19-10-20-36-31)37(33)24-14-5-2-6-15-24/h1-21H,34-35H2. The highest BCUT2D eigenvalue weighted by molar-refractivity contribution is 6.08. The van der Waals surface area contributed by atoms with Gasteiger partial charge in [-0.15, -0.1) is 0 Å². The molecule has 3 heterocycles. The fraction of sp³-hybridized carbons (Fsp3) is 0. The number of hydrogen-bond donors (Lipinski definition) is 2. The highest BCUT2D eigenvalue weighted by Crippen LogP contribution is 2.45. The lowest BCUT2D eigenvalue weighted by molar-refractivity contribution is 1.07. The summed E-state index contributed by atoms with van der Waals surface area (Å²) in [6.07, 6.45) is 1.78. The van der Waals surface area contributed by atoms with Crippen LogP contribution in [0, 0.1) is 0 Å². The maximum Gasteiger partial charge on any atom is 0.112 e. The number of nitrogens with two attached hydrogens (primary N) is 2. The van der Waals surface area contributed by atoms with Crippen molar-refractivity contribution in [1.29, 1.82) is 0 Å². The normalized spacial score (nSPS) is 11.4. The van der Waals surface area contributed by atoms with Gasteiger partial charge in [-0.2, -0.15) is 0 Å². The van der Waals surface area contributed by atoms with Gasteiger partial charge >= 0.3 is 0 Å². The van der Waals surface area contributed by atoms with Crippen LogP contribution in [0.15, 0.2) is 128 Å². The predicted molar refractivity (Wildman–Crippen MR) is 158 cm³/mol. The number of nitrogen functional groups attached to an aromatic ring is 2. The molecule has 5 heteroatoms. The van der Waals surface area contributed by atoms with Crippen molar-refractivity contribution in [2.24, 2.45) is 0 Å². The van der Waals surface area contributed by atoms with Gasteiger partial charge in [0.05, 0.1) is 33.8 Å². The smallest absolute Gasteiger partial charge is 0.112 e. The lowest BCUT2D eigenvalue weighted by atomic mass is 10.1. The molecule has 0 fully saturated rings. The number of fused-ring (bicyclic) bond motifs is 2.